The standard InChI is InChI=1S/C28H38ClN3O5.ClH/c1-34-22-16-23(31-28(33)30-21-14-25(35-2)27(37-4)26(15-21)36-3)24(17-22)32-11-9-19(10-12-32)13-18-5-7-20(29)8-6-18;/h5-8,14-15,19,22-24H,9-13,16-17H2,1-4H3,(H2,30,31,33);1H/t22-,23+,24-;/m0./s1. The van der Waals surface area contributed by atoms with Gasteiger partial charge in [-0.25, -0.2) is 4.79 Å². The monoisotopic (exact) mass is 567 g/mol. The quantitative estimate of drug-likeness (QED) is 0.421. The SMILES string of the molecule is COc1cc(NC(=O)N[C@@H]2C[C@H](OC)C[C@@H]2N2CCC(Cc3ccc(Cl)cc3)CC2)cc(OC)c1OC.Cl. The minimum Gasteiger partial charge on any atom is -0.493 e. The van der Waals surface area contributed by atoms with Crippen LogP contribution in [0.25, 0.3) is 0 Å². The number of ether oxygens (including phenoxy) is 4. The average molecular weight is 569 g/mol. The number of rotatable bonds is 9. The van der Waals surface area contributed by atoms with Crippen LogP contribution in [0.5, 0.6) is 17.2 Å². The second-order valence-corrected chi connectivity index (χ2v) is 10.3. The van der Waals surface area contributed by atoms with Crippen LogP contribution in [0.15, 0.2) is 36.4 Å². The molecule has 38 heavy (non-hydrogen) atoms. The van der Waals surface area contributed by atoms with Gasteiger partial charge in [0.15, 0.2) is 11.5 Å². The number of methoxy groups -OCH3 is 4. The van der Waals surface area contributed by atoms with Gasteiger partial charge in [-0.1, -0.05) is 23.7 Å². The maximum Gasteiger partial charge on any atom is 0.319 e. The third-order valence-corrected chi connectivity index (χ3v) is 7.87. The fraction of sp³-hybridized carbons (Fsp3) is 0.536. The fourth-order valence-corrected chi connectivity index (χ4v) is 5.78. The highest BCUT2D eigenvalue weighted by molar-refractivity contribution is 6.30. The zero-order valence-corrected chi connectivity index (χ0v) is 24.1. The summed E-state index contributed by atoms with van der Waals surface area (Å²) in [6.07, 6.45) is 5.18. The number of carbonyl (C=O) groups excluding carboxylic acids is 1. The van der Waals surface area contributed by atoms with Gasteiger partial charge in [-0.3, -0.25) is 4.90 Å². The Morgan fingerprint density at radius 2 is 1.61 bits per heavy atom. The van der Waals surface area contributed by atoms with Gasteiger partial charge >= 0.3 is 6.03 Å². The molecule has 210 valence electrons. The van der Waals surface area contributed by atoms with Crippen LogP contribution in [0.1, 0.15) is 31.2 Å². The molecule has 2 aliphatic rings. The van der Waals surface area contributed by atoms with E-state index >= 15 is 0 Å². The maximum atomic E-state index is 13.0. The lowest BCUT2D eigenvalue weighted by Gasteiger charge is -2.38. The van der Waals surface area contributed by atoms with Gasteiger partial charge in [0.1, 0.15) is 0 Å². The first kappa shape index (κ1) is 30.2. The van der Waals surface area contributed by atoms with E-state index in [9.17, 15) is 4.79 Å². The lowest BCUT2D eigenvalue weighted by Crippen LogP contribution is -2.52. The van der Waals surface area contributed by atoms with E-state index in [1.807, 2.05) is 12.1 Å². The normalized spacial score (nSPS) is 21.9. The zero-order chi connectivity index (χ0) is 26.4. The average Bonchev–Trinajstić information content (AvgIpc) is 3.32. The molecule has 0 radical (unpaired) electrons. The number of anilines is 1. The van der Waals surface area contributed by atoms with E-state index in [4.69, 9.17) is 30.5 Å². The van der Waals surface area contributed by atoms with Crippen molar-refractivity contribution in [1.82, 2.24) is 10.2 Å². The molecule has 0 spiro atoms. The number of halogens is 2. The van der Waals surface area contributed by atoms with Crippen LogP contribution in [0, 0.1) is 5.92 Å². The molecule has 10 heteroatoms. The zero-order valence-electron chi connectivity index (χ0n) is 22.5. The summed E-state index contributed by atoms with van der Waals surface area (Å²) < 4.78 is 21.9. The van der Waals surface area contributed by atoms with E-state index in [0.717, 1.165) is 50.2 Å². The van der Waals surface area contributed by atoms with Crippen molar-refractivity contribution in [3.05, 3.63) is 47.0 Å². The van der Waals surface area contributed by atoms with Crippen molar-refractivity contribution in [1.29, 1.82) is 0 Å². The van der Waals surface area contributed by atoms with Crippen LogP contribution in [0.4, 0.5) is 10.5 Å². The van der Waals surface area contributed by atoms with Crippen LogP contribution in [-0.2, 0) is 11.2 Å². The number of hydrogen-bond acceptors (Lipinski definition) is 6. The highest BCUT2D eigenvalue weighted by Gasteiger charge is 2.40. The number of nitrogens with one attached hydrogen (secondary N) is 2. The largest absolute Gasteiger partial charge is 0.493 e. The van der Waals surface area contributed by atoms with E-state index in [2.05, 4.69) is 27.7 Å². The number of hydrogen-bond donors (Lipinski definition) is 2. The number of nitrogens with zero attached hydrogens (tertiary/aromatic N) is 1. The molecule has 1 saturated carbocycles. The number of carbonyl (C=O) groups is 1. The van der Waals surface area contributed by atoms with E-state index in [1.165, 1.54) is 5.56 Å². The molecule has 0 unspecified atom stereocenters. The van der Waals surface area contributed by atoms with Crippen LogP contribution in [0.2, 0.25) is 5.02 Å². The van der Waals surface area contributed by atoms with Crippen molar-refractivity contribution in [2.45, 2.75) is 50.3 Å². The summed E-state index contributed by atoms with van der Waals surface area (Å²) in [4.78, 5) is 15.6. The van der Waals surface area contributed by atoms with Gasteiger partial charge in [-0.2, -0.15) is 0 Å². The van der Waals surface area contributed by atoms with Crippen molar-refractivity contribution in [2.75, 3.05) is 46.8 Å². The summed E-state index contributed by atoms with van der Waals surface area (Å²) >= 11 is 6.04. The Kier molecular flexibility index (Phi) is 11.2. The first-order valence-corrected chi connectivity index (χ1v) is 13.2. The third kappa shape index (κ3) is 7.38. The van der Waals surface area contributed by atoms with E-state index < -0.39 is 0 Å². The van der Waals surface area contributed by atoms with Gasteiger partial charge in [0.25, 0.3) is 0 Å². The van der Waals surface area contributed by atoms with Gasteiger partial charge < -0.3 is 29.6 Å². The van der Waals surface area contributed by atoms with Crippen LogP contribution in [-0.4, -0.2) is 70.6 Å². The number of urea groups is 1. The van der Waals surface area contributed by atoms with Crippen molar-refractivity contribution >= 4 is 35.7 Å². The summed E-state index contributed by atoms with van der Waals surface area (Å²) in [6.45, 7) is 2.04. The van der Waals surface area contributed by atoms with Gasteiger partial charge in [-0.05, 0) is 68.8 Å². The lowest BCUT2D eigenvalue weighted by atomic mass is 9.89. The second-order valence-electron chi connectivity index (χ2n) is 9.83. The topological polar surface area (TPSA) is 81.3 Å². The number of benzene rings is 2. The maximum absolute atomic E-state index is 13.0. The molecular weight excluding hydrogens is 529 g/mol. The van der Waals surface area contributed by atoms with Crippen LogP contribution < -0.4 is 24.8 Å². The van der Waals surface area contributed by atoms with Gasteiger partial charge in [0.05, 0.1) is 33.1 Å². The van der Waals surface area contributed by atoms with E-state index in [0.29, 0.717) is 28.9 Å². The summed E-state index contributed by atoms with van der Waals surface area (Å²) in [5, 5.41) is 6.91. The molecule has 0 aromatic heterocycles. The minimum absolute atomic E-state index is 0. The fourth-order valence-electron chi connectivity index (χ4n) is 5.65. The Morgan fingerprint density at radius 1 is 0.974 bits per heavy atom. The lowest BCUT2D eigenvalue weighted by molar-refractivity contribution is 0.0859. The van der Waals surface area contributed by atoms with Crippen molar-refractivity contribution in [2.24, 2.45) is 5.92 Å². The van der Waals surface area contributed by atoms with Gasteiger partial charge in [0.2, 0.25) is 5.75 Å². The van der Waals surface area contributed by atoms with Crippen molar-refractivity contribution in [3.8, 4) is 17.2 Å². The number of likely N-dealkylation sites (tertiary alicyclic amines) is 1. The highest BCUT2D eigenvalue weighted by atomic mass is 35.5. The van der Waals surface area contributed by atoms with Crippen LogP contribution in [0.3, 0.4) is 0 Å². The molecule has 8 nitrogen and oxygen atoms in total. The summed E-state index contributed by atoms with van der Waals surface area (Å²) in [5.74, 6) is 2.11. The molecular formula is C28H39Cl2N3O5. The molecule has 3 atom stereocenters. The Bertz CT molecular complexity index is 1020. The third-order valence-electron chi connectivity index (χ3n) is 7.61. The minimum atomic E-state index is -0.265. The summed E-state index contributed by atoms with van der Waals surface area (Å²) in [5.41, 5.74) is 1.90. The first-order valence-electron chi connectivity index (χ1n) is 12.8. The van der Waals surface area contributed by atoms with Crippen LogP contribution >= 0.6 is 24.0 Å². The highest BCUT2D eigenvalue weighted by Crippen LogP contribution is 2.40. The smallest absolute Gasteiger partial charge is 0.319 e. The van der Waals surface area contributed by atoms with E-state index in [1.54, 1.807) is 40.6 Å². The molecule has 2 fully saturated rings. The number of piperidine rings is 1. The van der Waals surface area contributed by atoms with Gasteiger partial charge in [0, 0.05) is 36.3 Å². The van der Waals surface area contributed by atoms with Gasteiger partial charge in [-0.15, -0.1) is 12.4 Å². The van der Waals surface area contributed by atoms with Crippen molar-refractivity contribution < 1.29 is 23.7 Å². The molecule has 1 aliphatic carbocycles. The Balaban J connectivity index is 0.00000400. The Hall–Kier alpha value is -2.39. The summed E-state index contributed by atoms with van der Waals surface area (Å²) in [6, 6.07) is 11.6. The molecule has 4 rings (SSSR count). The molecule has 2 aromatic carbocycles. The molecule has 2 aromatic rings. The Morgan fingerprint density at radius 3 is 2.16 bits per heavy atom. The summed E-state index contributed by atoms with van der Waals surface area (Å²) in [7, 11) is 6.40. The van der Waals surface area contributed by atoms with E-state index in [-0.39, 0.29) is 36.6 Å². The first-order chi connectivity index (χ1) is 17.9. The second kappa shape index (κ2) is 14.1. The molecule has 1 saturated heterocycles. The van der Waals surface area contributed by atoms with Crippen molar-refractivity contribution in [3.63, 3.8) is 0 Å². The predicted molar refractivity (Wildman–Crippen MR) is 153 cm³/mol. The molecule has 1 aliphatic heterocycles. The molecule has 0 bridgehead atoms. The predicted octanol–water partition coefficient (Wildman–Crippen LogP) is 5.41. The molecule has 1 heterocycles. The Labute approximate surface area is 236 Å². The molecule has 2 amide bonds. The number of amides is 2. The molecule has 2 N–H and O–H groups in total.